The van der Waals surface area contributed by atoms with Gasteiger partial charge in [0.1, 0.15) is 0 Å². The van der Waals surface area contributed by atoms with Gasteiger partial charge in [-0.3, -0.25) is 13.8 Å². The van der Waals surface area contributed by atoms with Crippen molar-refractivity contribution in [1.82, 2.24) is 16.0 Å². The lowest BCUT2D eigenvalue weighted by molar-refractivity contribution is -0.121. The van der Waals surface area contributed by atoms with Gasteiger partial charge >= 0.3 is 13.9 Å². The fourth-order valence-electron chi connectivity index (χ4n) is 2.99. The highest BCUT2D eigenvalue weighted by molar-refractivity contribution is 8.00. The summed E-state index contributed by atoms with van der Waals surface area (Å²) in [7, 11) is -2.87. The third-order valence-corrected chi connectivity index (χ3v) is 6.84. The predicted molar refractivity (Wildman–Crippen MR) is 101 cm³/mol. The summed E-state index contributed by atoms with van der Waals surface area (Å²) in [5.41, 5.74) is 0. The number of ether oxygens (including phenoxy) is 1. The molecule has 0 saturated carbocycles. The highest BCUT2D eigenvalue weighted by Crippen LogP contribution is 2.41. The van der Waals surface area contributed by atoms with E-state index in [1.165, 1.54) is 0 Å². The van der Waals surface area contributed by atoms with Crippen LogP contribution in [0.3, 0.4) is 0 Å². The molecule has 2 rings (SSSR count). The van der Waals surface area contributed by atoms with Crippen LogP contribution in [0.15, 0.2) is 0 Å². The molecule has 12 heteroatoms. The van der Waals surface area contributed by atoms with Crippen LogP contribution in [0.1, 0.15) is 25.7 Å². The quantitative estimate of drug-likeness (QED) is 0.191. The summed E-state index contributed by atoms with van der Waals surface area (Å²) in [6.07, 6.45) is 3.19. The number of carbonyl (C=O) groups excluding carboxylic acids is 2. The van der Waals surface area contributed by atoms with Crippen LogP contribution >= 0.6 is 19.6 Å². The molecule has 4 unspecified atom stereocenters. The highest BCUT2D eigenvalue weighted by atomic mass is 32.2. The summed E-state index contributed by atoms with van der Waals surface area (Å²) in [5, 5.41) is 9.07. The fourth-order valence-corrected chi connectivity index (χ4v) is 4.95. The Labute approximate surface area is 163 Å². The van der Waals surface area contributed by atoms with Crippen molar-refractivity contribution >= 4 is 31.5 Å². The van der Waals surface area contributed by atoms with Crippen molar-refractivity contribution in [1.29, 1.82) is 0 Å². The molecule has 27 heavy (non-hydrogen) atoms. The number of rotatable bonds is 13. The highest BCUT2D eigenvalue weighted by Gasteiger charge is 2.42. The Morgan fingerprint density at radius 3 is 2.93 bits per heavy atom. The molecule has 2 aliphatic rings. The third-order valence-electron chi connectivity index (χ3n) is 4.36. The van der Waals surface area contributed by atoms with Crippen molar-refractivity contribution in [2.24, 2.45) is 0 Å². The first kappa shape index (κ1) is 22.4. The number of phosphoric acid groups is 1. The monoisotopic (exact) mass is 425 g/mol. The van der Waals surface area contributed by atoms with Gasteiger partial charge in [0.05, 0.1) is 31.9 Å². The molecule has 3 amide bonds. The van der Waals surface area contributed by atoms with Gasteiger partial charge in [-0.05, 0) is 12.8 Å². The van der Waals surface area contributed by atoms with Gasteiger partial charge in [0.25, 0.3) is 0 Å². The van der Waals surface area contributed by atoms with Crippen LogP contribution in [0.5, 0.6) is 0 Å². The minimum atomic E-state index is -3.95. The van der Waals surface area contributed by atoms with E-state index in [1.807, 2.05) is 11.8 Å². The van der Waals surface area contributed by atoms with Gasteiger partial charge in [-0.1, -0.05) is 6.42 Å². The molecule has 0 aliphatic carbocycles. The van der Waals surface area contributed by atoms with E-state index in [0.717, 1.165) is 32.1 Å². The molecular weight excluding hydrogens is 397 g/mol. The van der Waals surface area contributed by atoms with E-state index in [0.29, 0.717) is 24.8 Å². The Balaban J connectivity index is 1.42. The van der Waals surface area contributed by atoms with Gasteiger partial charge < -0.3 is 25.6 Å². The van der Waals surface area contributed by atoms with Gasteiger partial charge in [0.2, 0.25) is 5.91 Å². The number of fused-ring (bicyclic) bond motifs is 1. The van der Waals surface area contributed by atoms with E-state index in [4.69, 9.17) is 9.63 Å². The maximum absolute atomic E-state index is 11.8. The SMILES string of the molecule is COP(=O)(O)OCCOCCNC(=O)CCCCC1SCC2NC(=O)NC21. The zero-order valence-electron chi connectivity index (χ0n) is 15.3. The number of nitrogens with one attached hydrogen (secondary N) is 3. The normalized spacial score (nSPS) is 26.1. The second-order valence-electron chi connectivity index (χ2n) is 6.31. The van der Waals surface area contributed by atoms with Crippen LogP contribution in [-0.4, -0.2) is 73.4 Å². The summed E-state index contributed by atoms with van der Waals surface area (Å²) >= 11 is 1.88. The van der Waals surface area contributed by atoms with Crippen molar-refractivity contribution in [3.63, 3.8) is 0 Å². The van der Waals surface area contributed by atoms with E-state index in [-0.39, 0.29) is 37.2 Å². The van der Waals surface area contributed by atoms with Gasteiger partial charge in [-0.15, -0.1) is 0 Å². The first-order valence-corrected chi connectivity index (χ1v) is 11.5. The molecule has 2 saturated heterocycles. The minimum Gasteiger partial charge on any atom is -0.377 e. The Morgan fingerprint density at radius 2 is 2.15 bits per heavy atom. The van der Waals surface area contributed by atoms with Gasteiger partial charge in [0.15, 0.2) is 0 Å². The molecular formula is C15H28N3O7PS. The Hall–Kier alpha value is -0.840. The van der Waals surface area contributed by atoms with Crippen LogP contribution in [0.2, 0.25) is 0 Å². The van der Waals surface area contributed by atoms with E-state index in [2.05, 4.69) is 25.0 Å². The molecule has 0 aromatic rings. The number of phosphoric ester groups is 1. The van der Waals surface area contributed by atoms with E-state index in [9.17, 15) is 14.2 Å². The summed E-state index contributed by atoms with van der Waals surface area (Å²) < 4.78 is 25.1. The maximum Gasteiger partial charge on any atom is 0.471 e. The summed E-state index contributed by atoms with van der Waals surface area (Å²) in [6.45, 7) is 0.745. The number of thioether (sulfide) groups is 1. The number of urea groups is 1. The largest absolute Gasteiger partial charge is 0.471 e. The number of unbranched alkanes of at least 4 members (excludes halogenated alkanes) is 1. The van der Waals surface area contributed by atoms with Crippen molar-refractivity contribution in [2.75, 3.05) is 39.2 Å². The zero-order valence-corrected chi connectivity index (χ0v) is 17.1. The minimum absolute atomic E-state index is 0.0260. The first-order valence-electron chi connectivity index (χ1n) is 8.97. The lowest BCUT2D eigenvalue weighted by Gasteiger charge is -2.16. The van der Waals surface area contributed by atoms with Crippen LogP contribution < -0.4 is 16.0 Å². The Bertz CT molecular complexity index is 554. The molecule has 10 nitrogen and oxygen atoms in total. The topological polar surface area (TPSA) is 135 Å². The summed E-state index contributed by atoms with van der Waals surface area (Å²) in [6, 6.07) is 0.369. The van der Waals surface area contributed by atoms with Gasteiger partial charge in [0, 0.05) is 31.1 Å². The lowest BCUT2D eigenvalue weighted by atomic mass is 10.0. The molecule has 4 N–H and O–H groups in total. The van der Waals surface area contributed by atoms with E-state index in [1.54, 1.807) is 0 Å². The Morgan fingerprint density at radius 1 is 1.33 bits per heavy atom. The van der Waals surface area contributed by atoms with Crippen LogP contribution in [0.4, 0.5) is 4.79 Å². The molecule has 0 aromatic heterocycles. The lowest BCUT2D eigenvalue weighted by Crippen LogP contribution is -2.36. The number of hydrogen-bond acceptors (Lipinski definition) is 7. The number of carbonyl (C=O) groups is 2. The molecule has 4 atom stereocenters. The van der Waals surface area contributed by atoms with Crippen LogP contribution in [0.25, 0.3) is 0 Å². The van der Waals surface area contributed by atoms with Crippen molar-refractivity contribution in [3.05, 3.63) is 0 Å². The van der Waals surface area contributed by atoms with E-state index < -0.39 is 7.82 Å². The average Bonchev–Trinajstić information content (AvgIpc) is 3.17. The van der Waals surface area contributed by atoms with Crippen molar-refractivity contribution in [3.8, 4) is 0 Å². The van der Waals surface area contributed by atoms with Gasteiger partial charge in [-0.25, -0.2) is 9.36 Å². The molecule has 0 bridgehead atoms. The maximum atomic E-state index is 11.8. The molecule has 156 valence electrons. The Kier molecular flexibility index (Phi) is 9.34. The predicted octanol–water partition coefficient (Wildman–Crippen LogP) is 0.608. The zero-order chi connectivity index (χ0) is 19.7. The fraction of sp³-hybridized carbons (Fsp3) is 0.867. The third kappa shape index (κ3) is 7.97. The van der Waals surface area contributed by atoms with Crippen LogP contribution in [-0.2, 0) is 23.1 Å². The summed E-state index contributed by atoms with van der Waals surface area (Å²) in [5.74, 6) is 0.919. The standard InChI is InChI=1S/C15H28N3O7PS/c1-23-26(21,22)25-9-8-24-7-6-16-13(19)5-3-2-4-12-14-11(10-27-12)17-15(20)18-14/h11-12,14H,2-10H2,1H3,(H,16,19)(H,21,22)(H2,17,18,20). The molecule has 2 fully saturated rings. The summed E-state index contributed by atoms with van der Waals surface area (Å²) in [4.78, 5) is 32.1. The molecule has 0 spiro atoms. The molecule has 0 aromatic carbocycles. The van der Waals surface area contributed by atoms with Crippen molar-refractivity contribution < 1.29 is 32.8 Å². The number of amides is 3. The molecule has 2 heterocycles. The first-order chi connectivity index (χ1) is 12.9. The average molecular weight is 425 g/mol. The molecule has 0 radical (unpaired) electrons. The van der Waals surface area contributed by atoms with Crippen molar-refractivity contribution in [2.45, 2.75) is 43.0 Å². The number of hydrogen-bond donors (Lipinski definition) is 4. The second-order valence-corrected chi connectivity index (χ2v) is 9.15. The van der Waals surface area contributed by atoms with Crippen LogP contribution in [0, 0.1) is 0 Å². The smallest absolute Gasteiger partial charge is 0.377 e. The second kappa shape index (κ2) is 11.2. The van der Waals surface area contributed by atoms with E-state index >= 15 is 0 Å². The van der Waals surface area contributed by atoms with Gasteiger partial charge in [-0.2, -0.15) is 11.8 Å². The molecule has 2 aliphatic heterocycles.